The lowest BCUT2D eigenvalue weighted by molar-refractivity contribution is -0.187. The molecular weight excluding hydrogens is 214 g/mol. The maximum Gasteiger partial charge on any atom is 0.349 e. The molecule has 0 aromatic heterocycles. The molecule has 0 unspecified atom stereocenters. The number of piperidine rings is 1. The van der Waals surface area contributed by atoms with Gasteiger partial charge in [-0.3, -0.25) is 0 Å². The van der Waals surface area contributed by atoms with Crippen LogP contribution in [0.4, 0.5) is 0 Å². The molecule has 0 radical (unpaired) electrons. The van der Waals surface area contributed by atoms with Gasteiger partial charge in [0.2, 0.25) is 0 Å². The Labute approximate surface area is 102 Å². The Balaban J connectivity index is 1.82. The van der Waals surface area contributed by atoms with E-state index in [1.54, 1.807) is 11.1 Å². The van der Waals surface area contributed by atoms with Gasteiger partial charge < -0.3 is 4.84 Å². The van der Waals surface area contributed by atoms with Crippen LogP contribution < -0.4 is 0 Å². The van der Waals surface area contributed by atoms with Crippen molar-refractivity contribution in [2.24, 2.45) is 0 Å². The third-order valence-electron chi connectivity index (χ3n) is 2.75. The quantitative estimate of drug-likeness (QED) is 0.749. The molecule has 1 heterocycles. The standard InChI is InChI=1S/C14H17NO2/c16-14(17-15-11-5-2-6-12-15)10-9-13-7-3-1-4-8-13/h1,3-4,7-10H,2,5-6,11-12H2. The highest BCUT2D eigenvalue weighted by Crippen LogP contribution is 2.09. The average molecular weight is 231 g/mol. The number of hydrogen-bond donors (Lipinski definition) is 0. The molecular formula is C14H17NO2. The Morgan fingerprint density at radius 1 is 1.12 bits per heavy atom. The van der Waals surface area contributed by atoms with Gasteiger partial charge in [0, 0.05) is 19.2 Å². The van der Waals surface area contributed by atoms with Crippen LogP contribution in [0, 0.1) is 0 Å². The summed E-state index contributed by atoms with van der Waals surface area (Å²) in [4.78, 5) is 16.8. The number of nitrogens with zero attached hydrogens (tertiary/aromatic N) is 1. The van der Waals surface area contributed by atoms with Crippen molar-refractivity contribution < 1.29 is 9.63 Å². The van der Waals surface area contributed by atoms with Crippen LogP contribution in [0.3, 0.4) is 0 Å². The molecule has 0 atom stereocenters. The first kappa shape index (κ1) is 11.9. The average Bonchev–Trinajstić information content (AvgIpc) is 2.39. The van der Waals surface area contributed by atoms with Crippen molar-refractivity contribution >= 4 is 12.0 Å². The predicted octanol–water partition coefficient (Wildman–Crippen LogP) is 2.64. The van der Waals surface area contributed by atoms with Crippen molar-refractivity contribution in [2.45, 2.75) is 19.3 Å². The van der Waals surface area contributed by atoms with Crippen LogP contribution in [-0.4, -0.2) is 24.1 Å². The molecule has 0 aliphatic carbocycles. The van der Waals surface area contributed by atoms with E-state index in [1.165, 1.54) is 12.5 Å². The molecule has 3 heteroatoms. The minimum absolute atomic E-state index is 0.296. The molecule has 1 aliphatic rings. The SMILES string of the molecule is O=C(C=Cc1ccccc1)ON1CCCCC1. The fourth-order valence-electron chi connectivity index (χ4n) is 1.84. The number of benzene rings is 1. The lowest BCUT2D eigenvalue weighted by Crippen LogP contribution is -2.31. The Kier molecular flexibility index (Phi) is 4.33. The molecule has 90 valence electrons. The molecule has 0 amide bonds. The lowest BCUT2D eigenvalue weighted by Gasteiger charge is -2.24. The summed E-state index contributed by atoms with van der Waals surface area (Å²) in [6.45, 7) is 1.70. The number of rotatable bonds is 3. The lowest BCUT2D eigenvalue weighted by atomic mass is 10.2. The minimum atomic E-state index is -0.296. The molecule has 1 fully saturated rings. The molecule has 2 rings (SSSR count). The van der Waals surface area contributed by atoms with Gasteiger partial charge in [0.05, 0.1) is 0 Å². The van der Waals surface area contributed by atoms with Crippen LogP contribution in [0.5, 0.6) is 0 Å². The molecule has 1 saturated heterocycles. The summed E-state index contributed by atoms with van der Waals surface area (Å²) < 4.78 is 0. The fraction of sp³-hybridized carbons (Fsp3) is 0.357. The summed E-state index contributed by atoms with van der Waals surface area (Å²) in [5.74, 6) is -0.296. The highest BCUT2D eigenvalue weighted by atomic mass is 16.7. The van der Waals surface area contributed by atoms with Gasteiger partial charge in [0.1, 0.15) is 0 Å². The van der Waals surface area contributed by atoms with Crippen LogP contribution in [0.2, 0.25) is 0 Å². The second-order valence-electron chi connectivity index (χ2n) is 4.14. The molecule has 0 bridgehead atoms. The van der Waals surface area contributed by atoms with Crippen molar-refractivity contribution in [1.82, 2.24) is 5.06 Å². The van der Waals surface area contributed by atoms with Gasteiger partial charge in [0.25, 0.3) is 0 Å². The van der Waals surface area contributed by atoms with Crippen LogP contribution >= 0.6 is 0 Å². The zero-order valence-electron chi connectivity index (χ0n) is 9.84. The van der Waals surface area contributed by atoms with Crippen molar-refractivity contribution in [2.75, 3.05) is 13.1 Å². The topological polar surface area (TPSA) is 29.5 Å². The van der Waals surface area contributed by atoms with Gasteiger partial charge in [-0.1, -0.05) is 36.8 Å². The van der Waals surface area contributed by atoms with Gasteiger partial charge in [-0.2, -0.15) is 0 Å². The summed E-state index contributed by atoms with van der Waals surface area (Å²) in [5.41, 5.74) is 1.00. The summed E-state index contributed by atoms with van der Waals surface area (Å²) in [6.07, 6.45) is 6.69. The van der Waals surface area contributed by atoms with E-state index in [9.17, 15) is 4.79 Å². The summed E-state index contributed by atoms with van der Waals surface area (Å²) >= 11 is 0. The Bertz CT molecular complexity index is 380. The van der Waals surface area contributed by atoms with E-state index in [2.05, 4.69) is 0 Å². The van der Waals surface area contributed by atoms with E-state index in [0.717, 1.165) is 31.5 Å². The van der Waals surface area contributed by atoms with Gasteiger partial charge >= 0.3 is 5.97 Å². The molecule has 3 nitrogen and oxygen atoms in total. The molecule has 1 aromatic carbocycles. The summed E-state index contributed by atoms with van der Waals surface area (Å²) in [7, 11) is 0. The second-order valence-corrected chi connectivity index (χ2v) is 4.14. The van der Waals surface area contributed by atoms with E-state index in [4.69, 9.17) is 4.84 Å². The first-order valence-electron chi connectivity index (χ1n) is 6.04. The third kappa shape index (κ3) is 4.04. The summed E-state index contributed by atoms with van der Waals surface area (Å²) in [6, 6.07) is 9.73. The molecule has 0 spiro atoms. The fourth-order valence-corrected chi connectivity index (χ4v) is 1.84. The minimum Gasteiger partial charge on any atom is -0.364 e. The Morgan fingerprint density at radius 2 is 1.82 bits per heavy atom. The molecule has 1 aliphatic heterocycles. The predicted molar refractivity (Wildman–Crippen MR) is 67.0 cm³/mol. The van der Waals surface area contributed by atoms with Gasteiger partial charge in [-0.25, -0.2) is 4.79 Å². The Morgan fingerprint density at radius 3 is 2.53 bits per heavy atom. The van der Waals surface area contributed by atoms with E-state index in [-0.39, 0.29) is 5.97 Å². The largest absolute Gasteiger partial charge is 0.364 e. The maximum atomic E-state index is 11.5. The number of hydroxylamine groups is 2. The second kappa shape index (κ2) is 6.21. The van der Waals surface area contributed by atoms with Crippen LogP contribution in [-0.2, 0) is 9.63 Å². The van der Waals surface area contributed by atoms with Crippen LogP contribution in [0.25, 0.3) is 6.08 Å². The Hall–Kier alpha value is -1.61. The monoisotopic (exact) mass is 231 g/mol. The first-order valence-corrected chi connectivity index (χ1v) is 6.04. The number of carbonyl (C=O) groups is 1. The van der Waals surface area contributed by atoms with Crippen LogP contribution in [0.15, 0.2) is 36.4 Å². The third-order valence-corrected chi connectivity index (χ3v) is 2.75. The number of carbonyl (C=O) groups excluding carboxylic acids is 1. The van der Waals surface area contributed by atoms with Crippen molar-refractivity contribution in [3.8, 4) is 0 Å². The van der Waals surface area contributed by atoms with Gasteiger partial charge in [-0.15, -0.1) is 5.06 Å². The zero-order valence-corrected chi connectivity index (χ0v) is 9.84. The van der Waals surface area contributed by atoms with Crippen molar-refractivity contribution in [3.63, 3.8) is 0 Å². The van der Waals surface area contributed by atoms with E-state index in [1.807, 2.05) is 30.3 Å². The number of hydrogen-bond acceptors (Lipinski definition) is 3. The molecule has 0 saturated carbocycles. The van der Waals surface area contributed by atoms with Crippen molar-refractivity contribution in [1.29, 1.82) is 0 Å². The van der Waals surface area contributed by atoms with E-state index in [0.29, 0.717) is 0 Å². The highest BCUT2D eigenvalue weighted by Gasteiger charge is 2.12. The smallest absolute Gasteiger partial charge is 0.349 e. The normalized spacial score (nSPS) is 17.2. The highest BCUT2D eigenvalue weighted by molar-refractivity contribution is 5.86. The zero-order chi connectivity index (χ0) is 11.9. The van der Waals surface area contributed by atoms with E-state index >= 15 is 0 Å². The van der Waals surface area contributed by atoms with E-state index < -0.39 is 0 Å². The van der Waals surface area contributed by atoms with Gasteiger partial charge in [0.15, 0.2) is 0 Å². The van der Waals surface area contributed by atoms with Crippen LogP contribution in [0.1, 0.15) is 24.8 Å². The molecule has 0 N–H and O–H groups in total. The van der Waals surface area contributed by atoms with Gasteiger partial charge in [-0.05, 0) is 24.5 Å². The maximum absolute atomic E-state index is 11.5. The molecule has 17 heavy (non-hydrogen) atoms. The summed E-state index contributed by atoms with van der Waals surface area (Å²) in [5, 5.41) is 1.75. The van der Waals surface area contributed by atoms with Crippen molar-refractivity contribution in [3.05, 3.63) is 42.0 Å². The first-order chi connectivity index (χ1) is 8.34. The molecule has 1 aromatic rings.